The molecule has 3 aromatic carbocycles. The number of halogens is 1. The zero-order valence-electron chi connectivity index (χ0n) is 17.5. The van der Waals surface area contributed by atoms with Gasteiger partial charge in [-0.15, -0.1) is 0 Å². The zero-order chi connectivity index (χ0) is 21.7. The molecule has 0 unspecified atom stereocenters. The van der Waals surface area contributed by atoms with Crippen LogP contribution in [0.2, 0.25) is 0 Å². The average molecular weight is 426 g/mol. The monoisotopic (exact) mass is 426 g/mol. The maximum Gasteiger partial charge on any atom is 0.272 e. The molecule has 2 aliphatic rings. The number of benzene rings is 3. The van der Waals surface area contributed by atoms with E-state index in [-0.39, 0.29) is 23.3 Å². The molecule has 4 aromatic rings. The molecule has 0 aliphatic carbocycles. The summed E-state index contributed by atoms with van der Waals surface area (Å²) in [4.78, 5) is 14.9. The van der Waals surface area contributed by atoms with Crippen LogP contribution in [0.3, 0.4) is 0 Å². The number of rotatable bonds is 4. The van der Waals surface area contributed by atoms with Crippen LogP contribution >= 0.6 is 0 Å². The maximum atomic E-state index is 13.7. The summed E-state index contributed by atoms with van der Waals surface area (Å²) in [7, 11) is 0. The van der Waals surface area contributed by atoms with Crippen molar-refractivity contribution in [2.75, 3.05) is 18.4 Å². The molecule has 2 N–H and O–H groups in total. The molecule has 0 spiro atoms. The Hall–Kier alpha value is -3.51. The van der Waals surface area contributed by atoms with Gasteiger partial charge < -0.3 is 5.32 Å². The van der Waals surface area contributed by atoms with Crippen molar-refractivity contribution in [2.45, 2.75) is 24.9 Å². The summed E-state index contributed by atoms with van der Waals surface area (Å²) < 4.78 is 13.7. The largest absolute Gasteiger partial charge is 0.377 e. The molecule has 5 nitrogen and oxygen atoms in total. The summed E-state index contributed by atoms with van der Waals surface area (Å²) in [5, 5.41) is 12.2. The Kier molecular flexibility index (Phi) is 4.54. The molecule has 0 amide bonds. The number of nitrogens with one attached hydrogen (secondary N) is 2. The summed E-state index contributed by atoms with van der Waals surface area (Å²) in [5.74, 6) is -0.449. The molecule has 6 rings (SSSR count). The van der Waals surface area contributed by atoms with E-state index >= 15 is 0 Å². The molecular weight excluding hydrogens is 403 g/mol. The smallest absolute Gasteiger partial charge is 0.272 e. The number of aromatic amines is 1. The van der Waals surface area contributed by atoms with Crippen molar-refractivity contribution in [3.63, 3.8) is 0 Å². The molecule has 0 saturated carbocycles. The third-order valence-corrected chi connectivity index (χ3v) is 6.70. The lowest BCUT2D eigenvalue weighted by molar-refractivity contribution is 0.172. The van der Waals surface area contributed by atoms with Crippen LogP contribution in [0.4, 0.5) is 10.1 Å². The van der Waals surface area contributed by atoms with Crippen LogP contribution in [0.1, 0.15) is 40.8 Å². The zero-order valence-corrected chi connectivity index (χ0v) is 17.5. The van der Waals surface area contributed by atoms with Gasteiger partial charge in [0.05, 0.1) is 23.0 Å². The van der Waals surface area contributed by atoms with Gasteiger partial charge in [0, 0.05) is 17.6 Å². The van der Waals surface area contributed by atoms with Crippen LogP contribution in [0.5, 0.6) is 0 Å². The van der Waals surface area contributed by atoms with Crippen LogP contribution in [0.25, 0.3) is 10.8 Å². The highest BCUT2D eigenvalue weighted by molar-refractivity contribution is 5.97. The van der Waals surface area contributed by atoms with Crippen molar-refractivity contribution < 1.29 is 4.39 Å². The molecule has 1 saturated heterocycles. The molecule has 2 atom stereocenters. The van der Waals surface area contributed by atoms with Gasteiger partial charge in [-0.05, 0) is 60.5 Å². The highest BCUT2D eigenvalue weighted by Crippen LogP contribution is 2.46. The van der Waals surface area contributed by atoms with E-state index < -0.39 is 0 Å². The van der Waals surface area contributed by atoms with E-state index in [0.717, 1.165) is 34.4 Å². The number of hydrogen-bond donors (Lipinski definition) is 2. The second-order valence-electron chi connectivity index (χ2n) is 8.69. The minimum Gasteiger partial charge on any atom is -0.377 e. The fourth-order valence-electron chi connectivity index (χ4n) is 4.92. The number of nitrogens with zero attached hydrogens (tertiary/aromatic N) is 2. The summed E-state index contributed by atoms with van der Waals surface area (Å²) in [6.45, 7) is 3.32. The van der Waals surface area contributed by atoms with Crippen LogP contribution in [0, 0.1) is 5.82 Å². The van der Waals surface area contributed by atoms with Crippen LogP contribution < -0.4 is 10.9 Å². The highest BCUT2D eigenvalue weighted by Gasteiger charge is 2.34. The van der Waals surface area contributed by atoms with Crippen LogP contribution in [-0.2, 0) is 6.54 Å². The van der Waals surface area contributed by atoms with Crippen molar-refractivity contribution in [3.8, 4) is 0 Å². The summed E-state index contributed by atoms with van der Waals surface area (Å²) in [5.41, 5.74) is 4.86. The molecule has 32 heavy (non-hydrogen) atoms. The normalized spacial score (nSPS) is 20.0. The van der Waals surface area contributed by atoms with E-state index in [4.69, 9.17) is 0 Å². The summed E-state index contributed by atoms with van der Waals surface area (Å²) in [6, 6.07) is 20.9. The Morgan fingerprint density at radius 2 is 1.72 bits per heavy atom. The summed E-state index contributed by atoms with van der Waals surface area (Å²) in [6.07, 6.45) is 1.28. The highest BCUT2D eigenvalue weighted by atomic mass is 19.1. The van der Waals surface area contributed by atoms with Gasteiger partial charge in [-0.25, -0.2) is 9.49 Å². The molecule has 1 aromatic heterocycles. The fourth-order valence-corrected chi connectivity index (χ4v) is 4.92. The molecule has 3 heterocycles. The topological polar surface area (TPSA) is 61.0 Å². The van der Waals surface area contributed by atoms with Crippen LogP contribution in [0.15, 0.2) is 71.5 Å². The van der Waals surface area contributed by atoms with Gasteiger partial charge in [0.1, 0.15) is 5.82 Å². The van der Waals surface area contributed by atoms with Gasteiger partial charge in [-0.1, -0.05) is 42.5 Å². The molecular formula is C26H23FN4O. The Morgan fingerprint density at radius 1 is 0.969 bits per heavy atom. The van der Waals surface area contributed by atoms with Crippen molar-refractivity contribution in [1.29, 1.82) is 0 Å². The average Bonchev–Trinajstić information content (AvgIpc) is 2.79. The quantitative estimate of drug-likeness (QED) is 0.502. The summed E-state index contributed by atoms with van der Waals surface area (Å²) >= 11 is 0. The lowest BCUT2D eigenvalue weighted by Gasteiger charge is -2.35. The van der Waals surface area contributed by atoms with Gasteiger partial charge in [-0.3, -0.25) is 9.69 Å². The lowest BCUT2D eigenvalue weighted by atomic mass is 9.80. The van der Waals surface area contributed by atoms with E-state index in [0.29, 0.717) is 5.39 Å². The number of hydrogen-bond acceptors (Lipinski definition) is 4. The predicted molar refractivity (Wildman–Crippen MR) is 123 cm³/mol. The van der Waals surface area contributed by atoms with E-state index in [1.807, 2.05) is 18.2 Å². The SMILES string of the molecule is O=c1[nH]nc2c3c(cccc13)N[C@H](c1ccc(CN3CCC3)cc1)[C@H]2c1ccc(F)cc1. The first-order chi connectivity index (χ1) is 15.7. The Bertz CT molecular complexity index is 1340. The number of likely N-dealkylation sites (tertiary alicyclic amines) is 1. The molecule has 6 heteroatoms. The predicted octanol–water partition coefficient (Wildman–Crippen LogP) is 4.57. The van der Waals surface area contributed by atoms with Gasteiger partial charge in [0.25, 0.3) is 5.56 Å². The van der Waals surface area contributed by atoms with E-state index in [1.165, 1.54) is 37.2 Å². The lowest BCUT2D eigenvalue weighted by Crippen LogP contribution is -2.36. The third-order valence-electron chi connectivity index (χ3n) is 6.70. The van der Waals surface area contributed by atoms with Gasteiger partial charge in [-0.2, -0.15) is 5.10 Å². The standard InChI is InChI=1S/C26H23FN4O/c27-19-11-9-17(10-12-19)22-24(18-7-5-16(6-8-18)15-31-13-2-14-31)28-21-4-1-3-20-23(21)25(22)29-30-26(20)32/h1,3-12,22,24,28H,2,13-15H2,(H,30,32)/t22-,24-/m1/s1. The minimum atomic E-state index is -0.274. The fraction of sp³-hybridized carbons (Fsp3) is 0.231. The number of aromatic nitrogens is 2. The van der Waals surface area contributed by atoms with Crippen molar-refractivity contribution >= 4 is 16.5 Å². The van der Waals surface area contributed by atoms with E-state index in [9.17, 15) is 9.18 Å². The molecule has 0 radical (unpaired) electrons. The first-order valence-corrected chi connectivity index (χ1v) is 11.0. The number of anilines is 1. The van der Waals surface area contributed by atoms with E-state index in [2.05, 4.69) is 44.7 Å². The second-order valence-corrected chi connectivity index (χ2v) is 8.69. The van der Waals surface area contributed by atoms with Crippen LogP contribution in [-0.4, -0.2) is 28.2 Å². The Balaban J connectivity index is 1.47. The first-order valence-electron chi connectivity index (χ1n) is 11.0. The van der Waals surface area contributed by atoms with Crippen molar-refractivity contribution in [2.24, 2.45) is 0 Å². The Labute approximate surface area is 184 Å². The maximum absolute atomic E-state index is 13.7. The molecule has 2 aliphatic heterocycles. The second kappa shape index (κ2) is 7.57. The van der Waals surface area contributed by atoms with E-state index in [1.54, 1.807) is 12.1 Å². The van der Waals surface area contributed by atoms with Gasteiger partial charge in [0.2, 0.25) is 0 Å². The first kappa shape index (κ1) is 19.2. The van der Waals surface area contributed by atoms with Crippen molar-refractivity contribution in [1.82, 2.24) is 15.1 Å². The molecule has 160 valence electrons. The van der Waals surface area contributed by atoms with Gasteiger partial charge >= 0.3 is 0 Å². The Morgan fingerprint density at radius 3 is 2.44 bits per heavy atom. The molecule has 0 bridgehead atoms. The minimum absolute atomic E-state index is 0.102. The molecule has 1 fully saturated rings. The third kappa shape index (κ3) is 3.19. The number of H-pyrrole nitrogens is 1. The van der Waals surface area contributed by atoms with Gasteiger partial charge in [0.15, 0.2) is 0 Å². The van der Waals surface area contributed by atoms with Crippen molar-refractivity contribution in [3.05, 3.63) is 105 Å².